The fourth-order valence-electron chi connectivity index (χ4n) is 4.29. The van der Waals surface area contributed by atoms with Crippen LogP contribution in [0, 0.1) is 0 Å². The highest BCUT2D eigenvalue weighted by Crippen LogP contribution is 2.21. The second kappa shape index (κ2) is 10.0. The van der Waals surface area contributed by atoms with E-state index < -0.39 is 0 Å². The lowest BCUT2D eigenvalue weighted by Gasteiger charge is -2.32. The Morgan fingerprint density at radius 2 is 1.88 bits per heavy atom. The second-order valence-corrected chi connectivity index (χ2v) is 9.08. The summed E-state index contributed by atoms with van der Waals surface area (Å²) in [6.07, 6.45) is 8.42. The maximum Gasteiger partial charge on any atom is 0.213 e. The maximum absolute atomic E-state index is 6.24. The summed E-state index contributed by atoms with van der Waals surface area (Å²) in [5, 5.41) is 0.751. The molecule has 2 aromatic heterocycles. The fraction of sp³-hybridized carbons (Fsp3) is 0.440. The standard InChI is InChI=1S/C25H29ClN4O2/c26-20-6-4-19(5-7-20)16-21-2-1-3-25(28-21)32-22-8-12-29(13-9-22)18-24-27-11-14-30(24)17-23-10-15-31-23/h1-7,11,14,22-23H,8-10,12-13,15-18H2/t23-/m0/s1. The summed E-state index contributed by atoms with van der Waals surface area (Å²) >= 11 is 5.99. The average molecular weight is 453 g/mol. The fourth-order valence-corrected chi connectivity index (χ4v) is 4.42. The average Bonchev–Trinajstić information content (AvgIpc) is 3.21. The second-order valence-electron chi connectivity index (χ2n) is 8.64. The van der Waals surface area contributed by atoms with E-state index in [1.54, 1.807) is 0 Å². The molecule has 5 rings (SSSR count). The van der Waals surface area contributed by atoms with Gasteiger partial charge in [-0.25, -0.2) is 9.97 Å². The number of ether oxygens (including phenoxy) is 2. The number of pyridine rings is 1. The smallest absolute Gasteiger partial charge is 0.213 e. The third-order valence-electron chi connectivity index (χ3n) is 6.26. The van der Waals surface area contributed by atoms with E-state index in [4.69, 9.17) is 26.1 Å². The van der Waals surface area contributed by atoms with Crippen LogP contribution in [0.5, 0.6) is 5.88 Å². The molecule has 2 saturated heterocycles. The van der Waals surface area contributed by atoms with Gasteiger partial charge in [0.15, 0.2) is 0 Å². The van der Waals surface area contributed by atoms with E-state index in [1.807, 2.05) is 48.7 Å². The van der Waals surface area contributed by atoms with E-state index in [9.17, 15) is 0 Å². The van der Waals surface area contributed by atoms with E-state index in [-0.39, 0.29) is 6.10 Å². The number of benzene rings is 1. The van der Waals surface area contributed by atoms with Gasteiger partial charge >= 0.3 is 0 Å². The minimum Gasteiger partial charge on any atom is -0.474 e. The topological polar surface area (TPSA) is 52.4 Å². The first-order valence-electron chi connectivity index (χ1n) is 11.4. The van der Waals surface area contributed by atoms with Crippen molar-refractivity contribution in [1.29, 1.82) is 0 Å². The lowest BCUT2D eigenvalue weighted by atomic mass is 10.1. The van der Waals surface area contributed by atoms with Gasteiger partial charge in [-0.15, -0.1) is 0 Å². The van der Waals surface area contributed by atoms with Crippen LogP contribution in [-0.4, -0.2) is 51.3 Å². The van der Waals surface area contributed by atoms with Crippen molar-refractivity contribution in [2.45, 2.75) is 51.0 Å². The van der Waals surface area contributed by atoms with E-state index in [2.05, 4.69) is 20.6 Å². The Morgan fingerprint density at radius 1 is 1.06 bits per heavy atom. The zero-order chi connectivity index (χ0) is 21.8. The van der Waals surface area contributed by atoms with Gasteiger partial charge in [-0.1, -0.05) is 29.8 Å². The van der Waals surface area contributed by atoms with Crippen LogP contribution in [-0.2, 0) is 24.2 Å². The van der Waals surface area contributed by atoms with Crippen LogP contribution < -0.4 is 4.74 Å². The highest BCUT2D eigenvalue weighted by molar-refractivity contribution is 6.30. The minimum atomic E-state index is 0.202. The number of halogens is 1. The third kappa shape index (κ3) is 5.49. The van der Waals surface area contributed by atoms with E-state index in [1.165, 1.54) is 5.56 Å². The summed E-state index contributed by atoms with van der Waals surface area (Å²) < 4.78 is 14.1. The first-order chi connectivity index (χ1) is 15.7. The Bertz CT molecular complexity index is 1010. The number of likely N-dealkylation sites (tertiary alicyclic amines) is 1. The minimum absolute atomic E-state index is 0.202. The monoisotopic (exact) mass is 452 g/mol. The van der Waals surface area contributed by atoms with Crippen molar-refractivity contribution in [1.82, 2.24) is 19.4 Å². The quantitative estimate of drug-likeness (QED) is 0.508. The molecular weight excluding hydrogens is 424 g/mol. The van der Waals surface area contributed by atoms with Crippen LogP contribution in [0.3, 0.4) is 0 Å². The van der Waals surface area contributed by atoms with Gasteiger partial charge in [0, 0.05) is 55.3 Å². The van der Waals surface area contributed by atoms with E-state index >= 15 is 0 Å². The molecule has 0 amide bonds. The first kappa shape index (κ1) is 21.4. The number of aromatic nitrogens is 3. The molecule has 0 unspecified atom stereocenters. The van der Waals surface area contributed by atoms with Gasteiger partial charge in [-0.05, 0) is 43.0 Å². The lowest BCUT2D eigenvalue weighted by molar-refractivity contribution is -0.0598. The van der Waals surface area contributed by atoms with Crippen LogP contribution in [0.15, 0.2) is 54.9 Å². The Morgan fingerprint density at radius 3 is 2.62 bits per heavy atom. The summed E-state index contributed by atoms with van der Waals surface area (Å²) in [4.78, 5) is 11.8. The number of piperidine rings is 1. The Balaban J connectivity index is 1.11. The van der Waals surface area contributed by atoms with Gasteiger partial charge in [-0.2, -0.15) is 0 Å². The highest BCUT2D eigenvalue weighted by Gasteiger charge is 2.24. The number of imidazole rings is 1. The van der Waals surface area contributed by atoms with Crippen LogP contribution in [0.1, 0.15) is 36.3 Å². The SMILES string of the molecule is Clc1ccc(Cc2cccc(OC3CCN(Cc4nccn4C[C@@H]4CCO4)CC3)n2)cc1. The number of hydrogen-bond donors (Lipinski definition) is 0. The van der Waals surface area contributed by atoms with E-state index in [0.29, 0.717) is 12.0 Å². The highest BCUT2D eigenvalue weighted by atomic mass is 35.5. The number of nitrogens with zero attached hydrogens (tertiary/aromatic N) is 4. The van der Waals surface area contributed by atoms with Crippen molar-refractivity contribution >= 4 is 11.6 Å². The molecule has 2 aliphatic heterocycles. The van der Waals surface area contributed by atoms with E-state index in [0.717, 1.165) is 75.0 Å². The molecule has 6 nitrogen and oxygen atoms in total. The molecule has 0 radical (unpaired) electrons. The van der Waals surface area contributed by atoms with Gasteiger partial charge in [0.05, 0.1) is 19.2 Å². The zero-order valence-electron chi connectivity index (χ0n) is 18.2. The van der Waals surface area contributed by atoms with Crippen molar-refractivity contribution < 1.29 is 9.47 Å². The molecule has 2 aliphatic rings. The Kier molecular flexibility index (Phi) is 6.72. The Labute approximate surface area is 194 Å². The molecule has 0 bridgehead atoms. The molecule has 0 N–H and O–H groups in total. The van der Waals surface area contributed by atoms with Crippen molar-refractivity contribution in [3.05, 3.63) is 77.0 Å². The summed E-state index contributed by atoms with van der Waals surface area (Å²) in [6, 6.07) is 13.9. The number of rotatable bonds is 8. The van der Waals surface area contributed by atoms with Gasteiger partial charge in [-0.3, -0.25) is 4.90 Å². The Hall–Kier alpha value is -2.41. The molecule has 168 valence electrons. The molecule has 3 aromatic rings. The van der Waals surface area contributed by atoms with Crippen LogP contribution >= 0.6 is 11.6 Å². The lowest BCUT2D eigenvalue weighted by Crippen LogP contribution is -2.39. The largest absolute Gasteiger partial charge is 0.474 e. The van der Waals surface area contributed by atoms with Gasteiger partial charge in [0.25, 0.3) is 0 Å². The normalized spacial score (nSPS) is 19.6. The molecule has 1 atom stereocenters. The molecule has 0 spiro atoms. The summed E-state index contributed by atoms with van der Waals surface area (Å²) in [5.74, 6) is 1.84. The van der Waals surface area contributed by atoms with Gasteiger partial charge < -0.3 is 14.0 Å². The predicted molar refractivity (Wildman–Crippen MR) is 124 cm³/mol. The van der Waals surface area contributed by atoms with Crippen molar-refractivity contribution in [3.8, 4) is 5.88 Å². The van der Waals surface area contributed by atoms with Crippen molar-refractivity contribution in [2.75, 3.05) is 19.7 Å². The third-order valence-corrected chi connectivity index (χ3v) is 6.51. The molecular formula is C25H29ClN4O2. The molecule has 0 aliphatic carbocycles. The summed E-state index contributed by atoms with van der Waals surface area (Å²) in [6.45, 7) is 4.68. The first-order valence-corrected chi connectivity index (χ1v) is 11.8. The molecule has 7 heteroatoms. The predicted octanol–water partition coefficient (Wildman–Crippen LogP) is 4.35. The maximum atomic E-state index is 6.24. The molecule has 2 fully saturated rings. The molecule has 1 aromatic carbocycles. The summed E-state index contributed by atoms with van der Waals surface area (Å²) in [5.41, 5.74) is 2.19. The molecule has 0 saturated carbocycles. The van der Waals surface area contributed by atoms with Crippen LogP contribution in [0.2, 0.25) is 5.02 Å². The van der Waals surface area contributed by atoms with Crippen molar-refractivity contribution in [3.63, 3.8) is 0 Å². The molecule has 4 heterocycles. The number of hydrogen-bond acceptors (Lipinski definition) is 5. The zero-order valence-corrected chi connectivity index (χ0v) is 19.0. The van der Waals surface area contributed by atoms with Crippen molar-refractivity contribution in [2.24, 2.45) is 0 Å². The van der Waals surface area contributed by atoms with Crippen LogP contribution in [0.25, 0.3) is 0 Å². The summed E-state index contributed by atoms with van der Waals surface area (Å²) in [7, 11) is 0. The van der Waals surface area contributed by atoms with Gasteiger partial charge in [0.1, 0.15) is 11.9 Å². The molecule has 32 heavy (non-hydrogen) atoms. The van der Waals surface area contributed by atoms with Gasteiger partial charge in [0.2, 0.25) is 5.88 Å². The van der Waals surface area contributed by atoms with Crippen LogP contribution in [0.4, 0.5) is 0 Å².